The van der Waals surface area contributed by atoms with Crippen molar-refractivity contribution in [1.82, 2.24) is 20.3 Å². The van der Waals surface area contributed by atoms with Crippen LogP contribution in [0.2, 0.25) is 0 Å². The van der Waals surface area contributed by atoms with Crippen molar-refractivity contribution in [3.05, 3.63) is 50.7 Å². The fourth-order valence-electron chi connectivity index (χ4n) is 2.57. The van der Waals surface area contributed by atoms with Gasteiger partial charge < -0.3 is 5.32 Å². The van der Waals surface area contributed by atoms with Crippen molar-refractivity contribution in [3.8, 4) is 0 Å². The Balaban J connectivity index is 1.69. The van der Waals surface area contributed by atoms with E-state index in [1.165, 1.54) is 4.88 Å². The fraction of sp³-hybridized carbons (Fsp3) is 0.333. The third-order valence-corrected chi connectivity index (χ3v) is 5.11. The number of hydrogen-bond donors (Lipinski definition) is 1. The first-order valence-electron chi connectivity index (χ1n) is 7.90. The van der Waals surface area contributed by atoms with Gasteiger partial charge in [-0.3, -0.25) is 4.79 Å². The zero-order valence-electron chi connectivity index (χ0n) is 14.3. The van der Waals surface area contributed by atoms with Crippen LogP contribution in [0.4, 0.5) is 0 Å². The Morgan fingerprint density at radius 1 is 1.00 bits per heavy atom. The number of carbonyl (C=O) groups excluding carboxylic acids is 1. The molecule has 0 saturated heterocycles. The molecule has 3 aromatic rings. The minimum atomic E-state index is -0.0872. The number of nitrogens with zero attached hydrogens (tertiary/aromatic N) is 3. The highest BCUT2D eigenvalue weighted by Crippen LogP contribution is 2.17. The van der Waals surface area contributed by atoms with Crippen molar-refractivity contribution in [1.29, 1.82) is 0 Å². The highest BCUT2D eigenvalue weighted by atomic mass is 32.1. The van der Waals surface area contributed by atoms with Gasteiger partial charge in [0.2, 0.25) is 0 Å². The maximum Gasteiger partial charge on any atom is 0.251 e. The van der Waals surface area contributed by atoms with Gasteiger partial charge >= 0.3 is 0 Å². The molecule has 1 aromatic carbocycles. The molecule has 124 valence electrons. The van der Waals surface area contributed by atoms with Crippen molar-refractivity contribution in [2.45, 2.75) is 34.1 Å². The molecule has 3 rings (SSSR count). The number of thiazole rings is 1. The maximum absolute atomic E-state index is 12.3. The van der Waals surface area contributed by atoms with E-state index in [1.807, 2.05) is 33.8 Å². The zero-order chi connectivity index (χ0) is 17.3. The molecule has 2 aromatic heterocycles. The van der Waals surface area contributed by atoms with Gasteiger partial charge in [0, 0.05) is 23.4 Å². The largest absolute Gasteiger partial charge is 0.352 e. The van der Waals surface area contributed by atoms with Crippen LogP contribution in [0.1, 0.15) is 37.3 Å². The molecule has 0 atom stereocenters. The minimum Gasteiger partial charge on any atom is -0.352 e. The number of aromatic nitrogens is 3. The van der Waals surface area contributed by atoms with Crippen molar-refractivity contribution < 1.29 is 4.79 Å². The van der Waals surface area contributed by atoms with E-state index in [-0.39, 0.29) is 5.91 Å². The molecule has 0 fully saturated rings. The highest BCUT2D eigenvalue weighted by molar-refractivity contribution is 7.11. The number of nitrogens with one attached hydrogen (secondary N) is 1. The van der Waals surface area contributed by atoms with Crippen LogP contribution in [-0.4, -0.2) is 27.4 Å². The van der Waals surface area contributed by atoms with Gasteiger partial charge in [0.15, 0.2) is 0 Å². The summed E-state index contributed by atoms with van der Waals surface area (Å²) in [5.74, 6) is -0.0872. The Labute approximate surface area is 145 Å². The van der Waals surface area contributed by atoms with Gasteiger partial charge in [-0.25, -0.2) is 15.0 Å². The molecule has 24 heavy (non-hydrogen) atoms. The smallest absolute Gasteiger partial charge is 0.251 e. The second-order valence-corrected chi connectivity index (χ2v) is 7.13. The summed E-state index contributed by atoms with van der Waals surface area (Å²) in [5.41, 5.74) is 5.02. The quantitative estimate of drug-likeness (QED) is 0.791. The minimum absolute atomic E-state index is 0.0872. The van der Waals surface area contributed by atoms with Gasteiger partial charge in [-0.15, -0.1) is 11.3 Å². The number of carbonyl (C=O) groups is 1. The van der Waals surface area contributed by atoms with Crippen LogP contribution in [0.5, 0.6) is 0 Å². The average molecular weight is 340 g/mol. The van der Waals surface area contributed by atoms with Crippen molar-refractivity contribution in [2.75, 3.05) is 6.54 Å². The van der Waals surface area contributed by atoms with Crippen LogP contribution in [0.25, 0.3) is 11.0 Å². The molecule has 0 aliphatic heterocycles. The van der Waals surface area contributed by atoms with E-state index in [0.717, 1.165) is 39.5 Å². The maximum atomic E-state index is 12.3. The van der Waals surface area contributed by atoms with Crippen LogP contribution < -0.4 is 5.32 Å². The first-order valence-corrected chi connectivity index (χ1v) is 8.72. The number of rotatable bonds is 4. The summed E-state index contributed by atoms with van der Waals surface area (Å²) in [7, 11) is 0. The molecular weight excluding hydrogens is 320 g/mol. The number of fused-ring (bicyclic) bond motifs is 1. The molecular formula is C18H20N4OS. The Morgan fingerprint density at radius 3 is 2.38 bits per heavy atom. The van der Waals surface area contributed by atoms with Crippen LogP contribution in [0.15, 0.2) is 18.2 Å². The second kappa shape index (κ2) is 6.65. The van der Waals surface area contributed by atoms with Crippen LogP contribution in [0, 0.1) is 27.7 Å². The lowest BCUT2D eigenvalue weighted by Crippen LogP contribution is -2.25. The predicted octanol–water partition coefficient (Wildman–Crippen LogP) is 3.29. The summed E-state index contributed by atoms with van der Waals surface area (Å²) in [6.07, 6.45) is 0.800. The van der Waals surface area contributed by atoms with Gasteiger partial charge in [0.25, 0.3) is 5.91 Å². The second-order valence-electron chi connectivity index (χ2n) is 5.85. The molecule has 0 spiro atoms. The first-order chi connectivity index (χ1) is 11.4. The summed E-state index contributed by atoms with van der Waals surface area (Å²) in [4.78, 5) is 27.0. The van der Waals surface area contributed by atoms with E-state index in [0.29, 0.717) is 12.1 Å². The van der Waals surface area contributed by atoms with Gasteiger partial charge in [-0.05, 0) is 45.9 Å². The van der Waals surface area contributed by atoms with E-state index in [4.69, 9.17) is 0 Å². The molecule has 0 aliphatic carbocycles. The van der Waals surface area contributed by atoms with Crippen LogP contribution in [0.3, 0.4) is 0 Å². The van der Waals surface area contributed by atoms with Crippen LogP contribution in [-0.2, 0) is 6.42 Å². The summed E-state index contributed by atoms with van der Waals surface area (Å²) in [6.45, 7) is 8.46. The lowest BCUT2D eigenvalue weighted by Gasteiger charge is -2.07. The Morgan fingerprint density at radius 2 is 1.71 bits per heavy atom. The lowest BCUT2D eigenvalue weighted by molar-refractivity contribution is 0.0954. The molecule has 1 N–H and O–H groups in total. The molecule has 0 bridgehead atoms. The molecule has 0 saturated carbocycles. The Hall–Kier alpha value is -2.34. The van der Waals surface area contributed by atoms with E-state index in [2.05, 4.69) is 20.3 Å². The van der Waals surface area contributed by atoms with Crippen LogP contribution >= 0.6 is 11.3 Å². The lowest BCUT2D eigenvalue weighted by atomic mass is 10.1. The van der Waals surface area contributed by atoms with E-state index >= 15 is 0 Å². The fourth-order valence-corrected chi connectivity index (χ4v) is 3.51. The van der Waals surface area contributed by atoms with E-state index < -0.39 is 0 Å². The first kappa shape index (κ1) is 16.5. The van der Waals surface area contributed by atoms with Gasteiger partial charge in [0.1, 0.15) is 0 Å². The van der Waals surface area contributed by atoms with E-state index in [9.17, 15) is 4.79 Å². The summed E-state index contributed by atoms with van der Waals surface area (Å²) in [6, 6.07) is 5.44. The van der Waals surface area contributed by atoms with Crippen molar-refractivity contribution in [2.24, 2.45) is 0 Å². The Kier molecular flexibility index (Phi) is 4.57. The molecule has 6 heteroatoms. The third-order valence-electron chi connectivity index (χ3n) is 3.97. The van der Waals surface area contributed by atoms with Gasteiger partial charge in [-0.1, -0.05) is 0 Å². The van der Waals surface area contributed by atoms with Gasteiger partial charge in [0.05, 0.1) is 33.1 Å². The number of benzene rings is 1. The molecule has 5 nitrogen and oxygen atoms in total. The number of aryl methyl sites for hydroxylation is 4. The number of amides is 1. The average Bonchev–Trinajstić information content (AvgIpc) is 2.85. The monoisotopic (exact) mass is 340 g/mol. The van der Waals surface area contributed by atoms with Crippen molar-refractivity contribution in [3.63, 3.8) is 0 Å². The van der Waals surface area contributed by atoms with E-state index in [1.54, 1.807) is 23.5 Å². The standard InChI is InChI=1S/C18H20N4OS/c1-10-11(2)22-16-9-14(5-6-15(16)21-10)18(23)19-8-7-17-12(3)20-13(4)24-17/h5-6,9H,7-8H2,1-4H3,(H,19,23). The highest BCUT2D eigenvalue weighted by Gasteiger charge is 2.10. The summed E-state index contributed by atoms with van der Waals surface area (Å²) >= 11 is 1.69. The Bertz CT molecular complexity index is 917. The molecule has 1 amide bonds. The third kappa shape index (κ3) is 3.43. The normalized spacial score (nSPS) is 11.0. The summed E-state index contributed by atoms with van der Waals surface area (Å²) in [5, 5.41) is 4.03. The van der Waals surface area contributed by atoms with Crippen molar-refractivity contribution >= 4 is 28.3 Å². The SMILES string of the molecule is Cc1nc(C)c(CCNC(=O)c2ccc3nc(C)c(C)nc3c2)s1. The predicted molar refractivity (Wildman–Crippen MR) is 96.6 cm³/mol. The topological polar surface area (TPSA) is 67.8 Å². The number of hydrogen-bond acceptors (Lipinski definition) is 5. The molecule has 0 unspecified atom stereocenters. The summed E-state index contributed by atoms with van der Waals surface area (Å²) < 4.78 is 0. The molecule has 0 radical (unpaired) electrons. The zero-order valence-corrected chi connectivity index (χ0v) is 15.1. The van der Waals surface area contributed by atoms with Gasteiger partial charge in [-0.2, -0.15) is 0 Å². The molecule has 0 aliphatic rings. The molecule has 2 heterocycles.